The summed E-state index contributed by atoms with van der Waals surface area (Å²) in [6, 6.07) is 1.72. The highest BCUT2D eigenvalue weighted by Crippen LogP contribution is 2.07. The molecule has 0 aliphatic rings. The van der Waals surface area contributed by atoms with E-state index in [0.717, 1.165) is 0 Å². The molecule has 0 saturated heterocycles. The van der Waals surface area contributed by atoms with Gasteiger partial charge < -0.3 is 10.1 Å². The Morgan fingerprint density at radius 3 is 3.05 bits per heavy atom. The van der Waals surface area contributed by atoms with Crippen LogP contribution < -0.4 is 5.32 Å². The second-order valence-corrected chi connectivity index (χ2v) is 3.98. The molecule has 0 aliphatic heterocycles. The lowest BCUT2D eigenvalue weighted by molar-refractivity contribution is -0.137. The number of carbonyl (C=O) groups excluding carboxylic acids is 2. The molecule has 104 valence electrons. The lowest BCUT2D eigenvalue weighted by atomic mass is 10.3. The van der Waals surface area contributed by atoms with E-state index >= 15 is 0 Å². The monoisotopic (exact) mass is 274 g/mol. The van der Waals surface area contributed by atoms with Gasteiger partial charge in [-0.2, -0.15) is 5.10 Å². The zero-order valence-electron chi connectivity index (χ0n) is 11.2. The van der Waals surface area contributed by atoms with Crippen LogP contribution in [0.2, 0.25) is 0 Å². The first kappa shape index (κ1) is 13.7. The molecule has 7 heteroatoms. The minimum atomic E-state index is -0.497. The van der Waals surface area contributed by atoms with Gasteiger partial charge in [0.1, 0.15) is 5.56 Å². The molecule has 7 nitrogen and oxygen atoms in total. The van der Waals surface area contributed by atoms with Crippen LogP contribution in [-0.2, 0) is 9.53 Å². The SMILES string of the molecule is CCOC(=O)/C=C(\C)NC(=O)c1cnn2cccnc12. The van der Waals surface area contributed by atoms with Gasteiger partial charge >= 0.3 is 5.97 Å². The van der Waals surface area contributed by atoms with Crippen molar-refractivity contribution in [3.63, 3.8) is 0 Å². The normalized spacial score (nSPS) is 11.4. The quantitative estimate of drug-likeness (QED) is 0.662. The van der Waals surface area contributed by atoms with Crippen molar-refractivity contribution in [3.05, 3.63) is 42.0 Å². The number of amides is 1. The van der Waals surface area contributed by atoms with Crippen LogP contribution in [0.15, 0.2) is 36.4 Å². The van der Waals surface area contributed by atoms with Crippen LogP contribution in [0.5, 0.6) is 0 Å². The van der Waals surface area contributed by atoms with E-state index in [1.54, 1.807) is 32.3 Å². The number of esters is 1. The largest absolute Gasteiger partial charge is 0.463 e. The molecular formula is C13H14N4O3. The molecule has 0 aliphatic carbocycles. The number of hydrogen-bond acceptors (Lipinski definition) is 5. The Morgan fingerprint density at radius 1 is 1.50 bits per heavy atom. The molecule has 0 radical (unpaired) electrons. The molecule has 1 N–H and O–H groups in total. The van der Waals surface area contributed by atoms with Crippen molar-refractivity contribution in [1.82, 2.24) is 19.9 Å². The van der Waals surface area contributed by atoms with Gasteiger partial charge in [-0.3, -0.25) is 4.79 Å². The van der Waals surface area contributed by atoms with E-state index in [0.29, 0.717) is 16.9 Å². The summed E-state index contributed by atoms with van der Waals surface area (Å²) in [5.41, 5.74) is 1.18. The Balaban J connectivity index is 2.14. The molecule has 1 amide bonds. The highest BCUT2D eigenvalue weighted by Gasteiger charge is 2.13. The Labute approximate surface area is 115 Å². The summed E-state index contributed by atoms with van der Waals surface area (Å²) in [5, 5.41) is 6.61. The van der Waals surface area contributed by atoms with Gasteiger partial charge in [0.15, 0.2) is 5.65 Å². The summed E-state index contributed by atoms with van der Waals surface area (Å²) in [5.74, 6) is -0.875. The number of rotatable bonds is 4. The Morgan fingerprint density at radius 2 is 2.30 bits per heavy atom. The molecular weight excluding hydrogens is 260 g/mol. The van der Waals surface area contributed by atoms with Gasteiger partial charge in [-0.05, 0) is 19.9 Å². The van der Waals surface area contributed by atoms with Crippen LogP contribution in [0.1, 0.15) is 24.2 Å². The van der Waals surface area contributed by atoms with Gasteiger partial charge in [-0.25, -0.2) is 14.3 Å². The summed E-state index contributed by atoms with van der Waals surface area (Å²) >= 11 is 0. The predicted octanol–water partition coefficient (Wildman–Crippen LogP) is 0.926. The number of allylic oxidation sites excluding steroid dienone is 1. The molecule has 2 heterocycles. The number of carbonyl (C=O) groups is 2. The highest BCUT2D eigenvalue weighted by molar-refractivity contribution is 6.00. The lowest BCUT2D eigenvalue weighted by Crippen LogP contribution is -2.22. The third kappa shape index (κ3) is 3.00. The van der Waals surface area contributed by atoms with Crippen LogP contribution in [0.3, 0.4) is 0 Å². The van der Waals surface area contributed by atoms with Gasteiger partial charge in [-0.15, -0.1) is 0 Å². The molecule has 0 bridgehead atoms. The van der Waals surface area contributed by atoms with Crippen LogP contribution in [0.4, 0.5) is 0 Å². The van der Waals surface area contributed by atoms with Gasteiger partial charge in [0, 0.05) is 24.2 Å². The second kappa shape index (κ2) is 5.96. The fourth-order valence-corrected chi connectivity index (χ4v) is 1.63. The van der Waals surface area contributed by atoms with Crippen molar-refractivity contribution in [3.8, 4) is 0 Å². The molecule has 2 aromatic heterocycles. The van der Waals surface area contributed by atoms with E-state index in [2.05, 4.69) is 15.4 Å². The first-order valence-corrected chi connectivity index (χ1v) is 6.06. The predicted molar refractivity (Wildman–Crippen MR) is 70.8 cm³/mol. The number of nitrogens with zero attached hydrogens (tertiary/aromatic N) is 3. The van der Waals surface area contributed by atoms with E-state index in [1.165, 1.54) is 16.8 Å². The number of nitrogens with one attached hydrogen (secondary N) is 1. The van der Waals surface area contributed by atoms with E-state index in [1.807, 2.05) is 0 Å². The molecule has 0 saturated carbocycles. The van der Waals surface area contributed by atoms with Crippen molar-refractivity contribution >= 4 is 17.5 Å². The standard InChI is InChI=1S/C13H14N4O3/c1-3-20-11(18)7-9(2)16-13(19)10-8-15-17-6-4-5-14-12(10)17/h4-8H,3H2,1-2H3,(H,16,19)/b9-7+. The van der Waals surface area contributed by atoms with E-state index < -0.39 is 5.97 Å². The highest BCUT2D eigenvalue weighted by atomic mass is 16.5. The van der Waals surface area contributed by atoms with Crippen molar-refractivity contribution in [1.29, 1.82) is 0 Å². The number of aromatic nitrogens is 3. The zero-order valence-corrected chi connectivity index (χ0v) is 11.2. The topological polar surface area (TPSA) is 85.6 Å². The van der Waals surface area contributed by atoms with Gasteiger partial charge in [0.25, 0.3) is 5.91 Å². The molecule has 0 spiro atoms. The van der Waals surface area contributed by atoms with E-state index in [4.69, 9.17) is 4.74 Å². The van der Waals surface area contributed by atoms with Crippen molar-refractivity contribution < 1.29 is 14.3 Å². The van der Waals surface area contributed by atoms with Crippen LogP contribution in [0, 0.1) is 0 Å². The average Bonchev–Trinajstić information content (AvgIpc) is 2.82. The summed E-state index contributed by atoms with van der Waals surface area (Å²) < 4.78 is 6.26. The minimum Gasteiger partial charge on any atom is -0.463 e. The molecule has 2 rings (SSSR count). The smallest absolute Gasteiger partial charge is 0.332 e. The number of ether oxygens (including phenoxy) is 1. The van der Waals surface area contributed by atoms with Crippen LogP contribution in [-0.4, -0.2) is 33.1 Å². The van der Waals surface area contributed by atoms with E-state index in [9.17, 15) is 9.59 Å². The average molecular weight is 274 g/mol. The maximum atomic E-state index is 12.1. The van der Waals surface area contributed by atoms with Crippen molar-refractivity contribution in [2.75, 3.05) is 6.61 Å². The fourth-order valence-electron chi connectivity index (χ4n) is 1.63. The maximum absolute atomic E-state index is 12.1. The summed E-state index contributed by atoms with van der Waals surface area (Å²) in [4.78, 5) is 27.4. The Hall–Kier alpha value is -2.70. The number of fused-ring (bicyclic) bond motifs is 1. The van der Waals surface area contributed by atoms with Crippen LogP contribution >= 0.6 is 0 Å². The molecule has 2 aromatic rings. The minimum absolute atomic E-state index is 0.286. The molecule has 0 aromatic carbocycles. The first-order chi connectivity index (χ1) is 9.61. The van der Waals surface area contributed by atoms with Crippen molar-refractivity contribution in [2.45, 2.75) is 13.8 Å². The third-order valence-electron chi connectivity index (χ3n) is 2.46. The summed E-state index contributed by atoms with van der Waals surface area (Å²) in [7, 11) is 0. The third-order valence-corrected chi connectivity index (χ3v) is 2.46. The molecule has 0 fully saturated rings. The first-order valence-electron chi connectivity index (χ1n) is 6.06. The van der Waals surface area contributed by atoms with Crippen molar-refractivity contribution in [2.24, 2.45) is 0 Å². The summed E-state index contributed by atoms with van der Waals surface area (Å²) in [6.07, 6.45) is 5.92. The zero-order chi connectivity index (χ0) is 14.5. The second-order valence-electron chi connectivity index (χ2n) is 3.98. The van der Waals surface area contributed by atoms with Gasteiger partial charge in [-0.1, -0.05) is 0 Å². The Bertz CT molecular complexity index is 675. The Kier molecular flexibility index (Phi) is 4.09. The molecule has 0 unspecified atom stereocenters. The molecule has 0 atom stereocenters. The fraction of sp³-hybridized carbons (Fsp3) is 0.231. The van der Waals surface area contributed by atoms with Crippen LogP contribution in [0.25, 0.3) is 5.65 Å². The lowest BCUT2D eigenvalue weighted by Gasteiger charge is -2.04. The number of hydrogen-bond donors (Lipinski definition) is 1. The maximum Gasteiger partial charge on any atom is 0.332 e. The summed E-state index contributed by atoms with van der Waals surface area (Å²) in [6.45, 7) is 3.60. The van der Waals surface area contributed by atoms with Gasteiger partial charge in [0.05, 0.1) is 12.8 Å². The molecule has 20 heavy (non-hydrogen) atoms. The van der Waals surface area contributed by atoms with Gasteiger partial charge in [0.2, 0.25) is 0 Å². The van der Waals surface area contributed by atoms with E-state index in [-0.39, 0.29) is 12.5 Å².